The van der Waals surface area contributed by atoms with Crippen LogP contribution in [-0.2, 0) is 0 Å². The molecule has 0 aliphatic carbocycles. The second-order valence-electron chi connectivity index (χ2n) is 14.7. The fraction of sp³-hybridized carbons (Fsp3) is 0. The molecule has 0 atom stereocenters. The first-order chi connectivity index (χ1) is 27.8. The van der Waals surface area contributed by atoms with Crippen molar-refractivity contribution in [2.45, 2.75) is 0 Å². The third kappa shape index (κ3) is 4.50. The number of benzene rings is 10. The highest BCUT2D eigenvalue weighted by Crippen LogP contribution is 2.48. The summed E-state index contributed by atoms with van der Waals surface area (Å²) in [5.74, 6) is 0. The van der Waals surface area contributed by atoms with Gasteiger partial charge in [0.15, 0.2) is 0 Å². The van der Waals surface area contributed by atoms with Gasteiger partial charge in [-0.2, -0.15) is 0 Å². The fourth-order valence-electron chi connectivity index (χ4n) is 9.32. The van der Waals surface area contributed by atoms with E-state index in [1.807, 2.05) is 12.1 Å². The lowest BCUT2D eigenvalue weighted by Gasteiger charge is -2.19. The minimum atomic E-state index is 0.892. The number of hydrogen-bond donors (Lipinski definition) is 0. The van der Waals surface area contributed by atoms with E-state index in [1.54, 1.807) is 0 Å². The molecule has 260 valence electrons. The smallest absolute Gasteiger partial charge is 0.136 e. The van der Waals surface area contributed by atoms with Gasteiger partial charge < -0.3 is 8.83 Å². The first kappa shape index (κ1) is 31.0. The molecule has 10 aromatic carbocycles. The van der Waals surface area contributed by atoms with Crippen LogP contribution in [0.4, 0.5) is 0 Å². The maximum Gasteiger partial charge on any atom is 0.136 e. The molecule has 0 unspecified atom stereocenters. The van der Waals surface area contributed by atoms with Gasteiger partial charge in [-0.1, -0.05) is 164 Å². The van der Waals surface area contributed by atoms with Crippen LogP contribution in [0.3, 0.4) is 0 Å². The summed E-state index contributed by atoms with van der Waals surface area (Å²) in [7, 11) is 0. The van der Waals surface area contributed by atoms with E-state index in [0.29, 0.717) is 0 Å². The van der Waals surface area contributed by atoms with Crippen LogP contribution in [0.5, 0.6) is 0 Å². The Kier molecular flexibility index (Phi) is 6.66. The largest absolute Gasteiger partial charge is 0.456 e. The maximum atomic E-state index is 6.42. The van der Waals surface area contributed by atoms with Gasteiger partial charge in [-0.15, -0.1) is 0 Å². The van der Waals surface area contributed by atoms with E-state index in [2.05, 4.69) is 182 Å². The second-order valence-corrected chi connectivity index (χ2v) is 14.7. The quantitative estimate of drug-likeness (QED) is 0.170. The van der Waals surface area contributed by atoms with Crippen LogP contribution in [0.2, 0.25) is 0 Å². The van der Waals surface area contributed by atoms with Gasteiger partial charge in [0.1, 0.15) is 22.3 Å². The van der Waals surface area contributed by atoms with Gasteiger partial charge in [0.05, 0.1) is 0 Å². The summed E-state index contributed by atoms with van der Waals surface area (Å²) < 4.78 is 12.8. The zero-order chi connectivity index (χ0) is 36.7. The SMILES string of the molecule is c1ccc(-c2cccc3c(-c4c5cccc(-c6cccc7oc8ccccc8c67)c5cc5c(-c6cccc7oc8ccccc8c67)cccc45)cccc23)cc1. The minimum absolute atomic E-state index is 0.892. The van der Waals surface area contributed by atoms with E-state index in [1.165, 1.54) is 65.7 Å². The van der Waals surface area contributed by atoms with E-state index in [-0.39, 0.29) is 0 Å². The summed E-state index contributed by atoms with van der Waals surface area (Å²) in [6.45, 7) is 0. The van der Waals surface area contributed by atoms with Gasteiger partial charge in [-0.05, 0) is 107 Å². The van der Waals surface area contributed by atoms with Gasteiger partial charge >= 0.3 is 0 Å². The zero-order valence-electron chi connectivity index (χ0n) is 30.3. The minimum Gasteiger partial charge on any atom is -0.456 e. The van der Waals surface area contributed by atoms with E-state index < -0.39 is 0 Å². The van der Waals surface area contributed by atoms with Crippen molar-refractivity contribution in [2.75, 3.05) is 0 Å². The standard InChI is InChI=1S/C54H32O2/c1-2-14-33(15-3-1)34-18-8-20-36-35(34)19-9-23-39(36)52-42-24-10-21-37(40-26-12-30-50-53(40)44-16-4-6-28-48(44)55-50)46(42)32-47-38(22-11-25-43(47)52)41-27-13-31-51-54(41)45-17-5-7-29-49(45)56-51/h1-32H. The predicted octanol–water partition coefficient (Wildman–Crippen LogP) is 15.6. The normalized spacial score (nSPS) is 11.9. The molecule has 0 spiro atoms. The Morgan fingerprint density at radius 1 is 0.232 bits per heavy atom. The highest BCUT2D eigenvalue weighted by Gasteiger charge is 2.21. The molecule has 0 N–H and O–H groups in total. The van der Waals surface area contributed by atoms with Crippen molar-refractivity contribution < 1.29 is 8.83 Å². The summed E-state index contributed by atoms with van der Waals surface area (Å²) in [6.07, 6.45) is 0. The first-order valence-corrected chi connectivity index (χ1v) is 19.2. The lowest BCUT2D eigenvalue weighted by atomic mass is 9.83. The lowest BCUT2D eigenvalue weighted by Crippen LogP contribution is -1.92. The molecule has 0 radical (unpaired) electrons. The predicted molar refractivity (Wildman–Crippen MR) is 235 cm³/mol. The summed E-state index contributed by atoms with van der Waals surface area (Å²) in [5.41, 5.74) is 13.1. The molecule has 0 saturated heterocycles. The Hall–Kier alpha value is -7.42. The molecule has 2 heterocycles. The highest BCUT2D eigenvalue weighted by molar-refractivity contribution is 6.25. The van der Waals surface area contributed by atoms with Crippen molar-refractivity contribution in [1.82, 2.24) is 0 Å². The topological polar surface area (TPSA) is 26.3 Å². The van der Waals surface area contributed by atoms with E-state index in [0.717, 1.165) is 55.0 Å². The molecular formula is C54H32O2. The molecule has 0 amide bonds. The van der Waals surface area contributed by atoms with Crippen molar-refractivity contribution in [3.63, 3.8) is 0 Å². The van der Waals surface area contributed by atoms with E-state index in [4.69, 9.17) is 8.83 Å². The average Bonchev–Trinajstić information content (AvgIpc) is 3.84. The maximum absolute atomic E-state index is 6.42. The lowest BCUT2D eigenvalue weighted by molar-refractivity contribution is 0.668. The molecule has 0 aliphatic rings. The highest BCUT2D eigenvalue weighted by atomic mass is 16.3. The summed E-state index contributed by atoms with van der Waals surface area (Å²) in [6, 6.07) is 69.9. The molecule has 12 aromatic rings. The van der Waals surface area contributed by atoms with Crippen LogP contribution in [0.25, 0.3) is 121 Å². The van der Waals surface area contributed by atoms with Crippen molar-refractivity contribution in [1.29, 1.82) is 0 Å². The molecular weight excluding hydrogens is 681 g/mol. The molecule has 0 saturated carbocycles. The van der Waals surface area contributed by atoms with Gasteiger partial charge in [0, 0.05) is 21.5 Å². The molecule has 0 bridgehead atoms. The van der Waals surface area contributed by atoms with Crippen LogP contribution in [0, 0.1) is 0 Å². The molecule has 12 rings (SSSR count). The van der Waals surface area contributed by atoms with E-state index in [9.17, 15) is 0 Å². The first-order valence-electron chi connectivity index (χ1n) is 19.2. The monoisotopic (exact) mass is 712 g/mol. The van der Waals surface area contributed by atoms with Crippen LogP contribution >= 0.6 is 0 Å². The van der Waals surface area contributed by atoms with Gasteiger partial charge in [0.2, 0.25) is 0 Å². The number of rotatable bonds is 4. The Morgan fingerprint density at radius 2 is 0.625 bits per heavy atom. The third-order valence-electron chi connectivity index (χ3n) is 11.7. The Bertz CT molecular complexity index is 3360. The molecule has 0 aliphatic heterocycles. The average molecular weight is 713 g/mol. The fourth-order valence-corrected chi connectivity index (χ4v) is 9.32. The van der Waals surface area contributed by atoms with Crippen LogP contribution in [0.15, 0.2) is 203 Å². The number of hydrogen-bond acceptors (Lipinski definition) is 2. The van der Waals surface area contributed by atoms with Crippen LogP contribution < -0.4 is 0 Å². The Labute approximate surface area is 322 Å². The number of fused-ring (bicyclic) bond motifs is 9. The summed E-state index contributed by atoms with van der Waals surface area (Å²) in [4.78, 5) is 0. The Balaban J connectivity index is 1.24. The second kappa shape index (κ2) is 12.0. The molecule has 2 aromatic heterocycles. The van der Waals surface area contributed by atoms with Crippen molar-refractivity contribution >= 4 is 76.2 Å². The van der Waals surface area contributed by atoms with E-state index >= 15 is 0 Å². The van der Waals surface area contributed by atoms with Gasteiger partial charge in [0.25, 0.3) is 0 Å². The molecule has 0 fully saturated rings. The zero-order valence-corrected chi connectivity index (χ0v) is 30.3. The third-order valence-corrected chi connectivity index (χ3v) is 11.7. The van der Waals surface area contributed by atoms with Crippen molar-refractivity contribution in [3.05, 3.63) is 194 Å². The summed E-state index contributed by atoms with van der Waals surface area (Å²) >= 11 is 0. The van der Waals surface area contributed by atoms with Crippen molar-refractivity contribution in [3.8, 4) is 44.5 Å². The molecule has 2 nitrogen and oxygen atoms in total. The molecule has 56 heavy (non-hydrogen) atoms. The van der Waals surface area contributed by atoms with Crippen LogP contribution in [0.1, 0.15) is 0 Å². The van der Waals surface area contributed by atoms with Gasteiger partial charge in [-0.3, -0.25) is 0 Å². The Morgan fingerprint density at radius 3 is 1.20 bits per heavy atom. The van der Waals surface area contributed by atoms with Gasteiger partial charge in [-0.25, -0.2) is 0 Å². The molecule has 2 heteroatoms. The summed E-state index contributed by atoms with van der Waals surface area (Å²) in [5, 5.41) is 11.8. The number of para-hydroxylation sites is 2. The van der Waals surface area contributed by atoms with Crippen molar-refractivity contribution in [2.24, 2.45) is 0 Å². The number of furan rings is 2. The van der Waals surface area contributed by atoms with Crippen LogP contribution in [-0.4, -0.2) is 0 Å².